The van der Waals surface area contributed by atoms with Gasteiger partial charge in [-0.15, -0.1) is 11.6 Å². The van der Waals surface area contributed by atoms with E-state index in [1.807, 2.05) is 12.1 Å². The van der Waals surface area contributed by atoms with Crippen molar-refractivity contribution in [2.45, 2.75) is 11.9 Å². The second kappa shape index (κ2) is 7.44. The average Bonchev–Trinajstić information content (AvgIpc) is 2.30. The molecule has 1 heterocycles. The first-order valence-corrected chi connectivity index (χ1v) is 5.53. The van der Waals surface area contributed by atoms with E-state index in [1.165, 1.54) is 0 Å². The van der Waals surface area contributed by atoms with Crippen LogP contribution in [0.1, 0.15) is 5.56 Å². The minimum atomic E-state index is -0.0207. The molecule has 1 aromatic rings. The lowest BCUT2D eigenvalue weighted by molar-refractivity contribution is 0.197. The molecule has 0 amide bonds. The van der Waals surface area contributed by atoms with E-state index in [4.69, 9.17) is 21.1 Å². The van der Waals surface area contributed by atoms with Gasteiger partial charge in [-0.1, -0.05) is 6.07 Å². The van der Waals surface area contributed by atoms with Gasteiger partial charge < -0.3 is 14.8 Å². The van der Waals surface area contributed by atoms with Crippen LogP contribution in [0.5, 0.6) is 5.88 Å². The summed E-state index contributed by atoms with van der Waals surface area (Å²) >= 11 is 5.99. The number of methoxy groups -OCH3 is 2. The molecule has 1 rings (SSSR count). The van der Waals surface area contributed by atoms with E-state index in [0.29, 0.717) is 25.6 Å². The molecular formula is C11H17ClN2O2. The summed E-state index contributed by atoms with van der Waals surface area (Å²) in [5.74, 6) is 0.646. The van der Waals surface area contributed by atoms with Crippen LogP contribution in [0, 0.1) is 0 Å². The molecule has 0 radical (unpaired) electrons. The smallest absolute Gasteiger partial charge is 0.217 e. The molecule has 5 heteroatoms. The van der Waals surface area contributed by atoms with Crippen molar-refractivity contribution >= 4 is 11.6 Å². The highest BCUT2D eigenvalue weighted by Gasteiger charge is 2.05. The van der Waals surface area contributed by atoms with Gasteiger partial charge in [0, 0.05) is 32.0 Å². The van der Waals surface area contributed by atoms with Gasteiger partial charge in [0.05, 0.1) is 19.1 Å². The van der Waals surface area contributed by atoms with E-state index in [2.05, 4.69) is 10.3 Å². The van der Waals surface area contributed by atoms with E-state index in [0.717, 1.165) is 5.56 Å². The number of halogens is 1. The minimum absolute atomic E-state index is 0.0207. The number of alkyl halides is 1. The molecule has 0 saturated heterocycles. The number of aromatic nitrogens is 1. The van der Waals surface area contributed by atoms with Gasteiger partial charge in [0.1, 0.15) is 0 Å². The molecule has 0 aliphatic carbocycles. The summed E-state index contributed by atoms with van der Waals surface area (Å²) < 4.78 is 10.1. The maximum atomic E-state index is 5.99. The molecule has 16 heavy (non-hydrogen) atoms. The van der Waals surface area contributed by atoms with Gasteiger partial charge in [0.25, 0.3) is 0 Å². The Bertz CT molecular complexity index is 310. The summed E-state index contributed by atoms with van der Waals surface area (Å²) in [6.07, 6.45) is 1.71. The molecule has 0 fully saturated rings. The van der Waals surface area contributed by atoms with Gasteiger partial charge in [-0.2, -0.15) is 0 Å². The molecule has 90 valence electrons. The number of nitrogens with one attached hydrogen (secondary N) is 1. The molecule has 1 unspecified atom stereocenters. The average molecular weight is 245 g/mol. The summed E-state index contributed by atoms with van der Waals surface area (Å²) in [7, 11) is 3.25. The van der Waals surface area contributed by atoms with Crippen molar-refractivity contribution < 1.29 is 9.47 Å². The van der Waals surface area contributed by atoms with Gasteiger partial charge in [0.2, 0.25) is 5.88 Å². The predicted molar refractivity (Wildman–Crippen MR) is 64.0 cm³/mol. The SMILES string of the molecule is COCC(Cl)CNCc1cccnc1OC. The summed E-state index contributed by atoms with van der Waals surface area (Å²) in [4.78, 5) is 4.11. The fourth-order valence-corrected chi connectivity index (χ4v) is 1.58. The normalized spacial score (nSPS) is 12.4. The third-order valence-corrected chi connectivity index (χ3v) is 2.35. The van der Waals surface area contributed by atoms with E-state index < -0.39 is 0 Å². The van der Waals surface area contributed by atoms with Crippen LogP contribution in [-0.4, -0.2) is 37.7 Å². The van der Waals surface area contributed by atoms with Crippen molar-refractivity contribution in [1.82, 2.24) is 10.3 Å². The Kier molecular flexibility index (Phi) is 6.15. The van der Waals surface area contributed by atoms with Gasteiger partial charge >= 0.3 is 0 Å². The Morgan fingerprint density at radius 3 is 3.00 bits per heavy atom. The van der Waals surface area contributed by atoms with Crippen LogP contribution in [0.25, 0.3) is 0 Å². The van der Waals surface area contributed by atoms with Crippen LogP contribution in [0.2, 0.25) is 0 Å². The van der Waals surface area contributed by atoms with Gasteiger partial charge in [-0.3, -0.25) is 0 Å². The number of nitrogens with zero attached hydrogens (tertiary/aromatic N) is 1. The summed E-state index contributed by atoms with van der Waals surface area (Å²) in [6, 6.07) is 3.85. The molecule has 0 aliphatic heterocycles. The van der Waals surface area contributed by atoms with Crippen molar-refractivity contribution in [2.75, 3.05) is 27.4 Å². The largest absolute Gasteiger partial charge is 0.481 e. The first-order valence-electron chi connectivity index (χ1n) is 5.09. The summed E-state index contributed by atoms with van der Waals surface area (Å²) in [5.41, 5.74) is 1.02. The van der Waals surface area contributed by atoms with Crippen LogP contribution >= 0.6 is 11.6 Å². The topological polar surface area (TPSA) is 43.4 Å². The number of pyridine rings is 1. The number of hydrogen-bond acceptors (Lipinski definition) is 4. The molecule has 4 nitrogen and oxygen atoms in total. The minimum Gasteiger partial charge on any atom is -0.481 e. The lowest BCUT2D eigenvalue weighted by Gasteiger charge is -2.11. The molecule has 0 spiro atoms. The Labute approximate surface area is 101 Å². The van der Waals surface area contributed by atoms with Crippen molar-refractivity contribution in [3.63, 3.8) is 0 Å². The lowest BCUT2D eigenvalue weighted by Crippen LogP contribution is -2.26. The fourth-order valence-electron chi connectivity index (χ4n) is 1.35. The van der Waals surface area contributed by atoms with E-state index in [-0.39, 0.29) is 5.38 Å². The molecule has 0 aliphatic rings. The Morgan fingerprint density at radius 1 is 1.50 bits per heavy atom. The monoisotopic (exact) mass is 244 g/mol. The molecule has 0 aromatic carbocycles. The second-order valence-electron chi connectivity index (χ2n) is 3.36. The van der Waals surface area contributed by atoms with Crippen molar-refractivity contribution in [3.8, 4) is 5.88 Å². The summed E-state index contributed by atoms with van der Waals surface area (Å²) in [5, 5.41) is 3.21. The molecule has 1 aromatic heterocycles. The van der Waals surface area contributed by atoms with Crippen molar-refractivity contribution in [1.29, 1.82) is 0 Å². The first-order chi connectivity index (χ1) is 7.77. The highest BCUT2D eigenvalue weighted by Crippen LogP contribution is 2.12. The second-order valence-corrected chi connectivity index (χ2v) is 3.97. The maximum absolute atomic E-state index is 5.99. The number of ether oxygens (including phenoxy) is 2. The maximum Gasteiger partial charge on any atom is 0.217 e. The zero-order chi connectivity index (χ0) is 11.8. The van der Waals surface area contributed by atoms with Gasteiger partial charge in [0.15, 0.2) is 0 Å². The fraction of sp³-hybridized carbons (Fsp3) is 0.545. The van der Waals surface area contributed by atoms with Crippen LogP contribution in [0.15, 0.2) is 18.3 Å². The zero-order valence-corrected chi connectivity index (χ0v) is 10.3. The van der Waals surface area contributed by atoms with E-state index in [1.54, 1.807) is 20.4 Å². The van der Waals surface area contributed by atoms with Crippen LogP contribution in [0.3, 0.4) is 0 Å². The van der Waals surface area contributed by atoms with Gasteiger partial charge in [-0.05, 0) is 6.07 Å². The Hall–Kier alpha value is -0.840. The van der Waals surface area contributed by atoms with E-state index in [9.17, 15) is 0 Å². The predicted octanol–water partition coefficient (Wildman–Crippen LogP) is 1.43. The quantitative estimate of drug-likeness (QED) is 0.737. The number of hydrogen-bond donors (Lipinski definition) is 1. The Morgan fingerprint density at radius 2 is 2.31 bits per heavy atom. The van der Waals surface area contributed by atoms with E-state index >= 15 is 0 Å². The lowest BCUT2D eigenvalue weighted by atomic mass is 10.2. The molecule has 1 N–H and O–H groups in total. The standard InChI is InChI=1S/C11H17ClN2O2/c1-15-8-10(12)7-13-6-9-4-3-5-14-11(9)16-2/h3-5,10,13H,6-8H2,1-2H3. The van der Waals surface area contributed by atoms with Crippen molar-refractivity contribution in [2.24, 2.45) is 0 Å². The molecule has 0 saturated carbocycles. The molecule has 1 atom stereocenters. The Balaban J connectivity index is 2.36. The number of rotatable bonds is 7. The highest BCUT2D eigenvalue weighted by atomic mass is 35.5. The molecular weight excluding hydrogens is 228 g/mol. The third kappa shape index (κ3) is 4.35. The van der Waals surface area contributed by atoms with Crippen molar-refractivity contribution in [3.05, 3.63) is 23.9 Å². The van der Waals surface area contributed by atoms with Crippen LogP contribution < -0.4 is 10.1 Å². The summed E-state index contributed by atoms with van der Waals surface area (Å²) in [6.45, 7) is 1.91. The third-order valence-electron chi connectivity index (χ3n) is 2.07. The van der Waals surface area contributed by atoms with Crippen LogP contribution in [0.4, 0.5) is 0 Å². The van der Waals surface area contributed by atoms with Crippen LogP contribution in [-0.2, 0) is 11.3 Å². The first kappa shape index (κ1) is 13.2. The zero-order valence-electron chi connectivity index (χ0n) is 9.57. The highest BCUT2D eigenvalue weighted by molar-refractivity contribution is 6.20. The molecule has 0 bridgehead atoms. The van der Waals surface area contributed by atoms with Gasteiger partial charge in [-0.25, -0.2) is 4.98 Å².